The Labute approximate surface area is 125 Å². The summed E-state index contributed by atoms with van der Waals surface area (Å²) in [5.74, 6) is -0.175. The molecule has 2 amide bonds. The van der Waals surface area contributed by atoms with Crippen LogP contribution < -0.4 is 16.0 Å². The number of anilines is 1. The molecule has 0 spiro atoms. The molecule has 0 aromatic carbocycles. The predicted octanol–water partition coefficient (Wildman–Crippen LogP) is 1.55. The lowest BCUT2D eigenvalue weighted by Crippen LogP contribution is -2.32. The molecule has 1 aromatic heterocycles. The van der Waals surface area contributed by atoms with Crippen LogP contribution in [0.3, 0.4) is 0 Å². The van der Waals surface area contributed by atoms with E-state index in [1.165, 1.54) is 0 Å². The smallest absolute Gasteiger partial charge is 0.269 e. The summed E-state index contributed by atoms with van der Waals surface area (Å²) in [6, 6.07) is 3.65. The summed E-state index contributed by atoms with van der Waals surface area (Å²) in [5.41, 5.74) is 1.15. The minimum absolute atomic E-state index is 0.0230. The first-order valence-corrected chi connectivity index (χ1v) is 7.34. The van der Waals surface area contributed by atoms with Gasteiger partial charge >= 0.3 is 0 Å². The van der Waals surface area contributed by atoms with Gasteiger partial charge in [-0.25, -0.2) is 0 Å². The van der Waals surface area contributed by atoms with E-state index in [-0.39, 0.29) is 17.9 Å². The topological polar surface area (TPSA) is 83.1 Å². The van der Waals surface area contributed by atoms with Crippen LogP contribution in [0.25, 0.3) is 0 Å². The molecule has 21 heavy (non-hydrogen) atoms. The van der Waals surface area contributed by atoms with E-state index in [0.29, 0.717) is 25.2 Å². The molecule has 6 heteroatoms. The van der Waals surface area contributed by atoms with Gasteiger partial charge in [-0.15, -0.1) is 0 Å². The van der Waals surface area contributed by atoms with Crippen LogP contribution in [-0.2, 0) is 4.79 Å². The van der Waals surface area contributed by atoms with Crippen LogP contribution in [0.15, 0.2) is 18.3 Å². The molecule has 1 aromatic rings. The number of carbonyl (C=O) groups excluding carboxylic acids is 2. The van der Waals surface area contributed by atoms with E-state index in [4.69, 9.17) is 0 Å². The molecule has 0 saturated heterocycles. The van der Waals surface area contributed by atoms with Gasteiger partial charge in [0.15, 0.2) is 0 Å². The van der Waals surface area contributed by atoms with Gasteiger partial charge in [-0.1, -0.05) is 6.92 Å². The average molecular weight is 292 g/mol. The van der Waals surface area contributed by atoms with Crippen LogP contribution in [0.4, 0.5) is 5.69 Å². The first-order chi connectivity index (χ1) is 10.1. The maximum Gasteiger partial charge on any atom is 0.269 e. The molecule has 6 nitrogen and oxygen atoms in total. The number of pyridine rings is 1. The third kappa shape index (κ3) is 6.25. The molecule has 3 N–H and O–H groups in total. The zero-order valence-corrected chi connectivity index (χ0v) is 12.9. The second-order valence-electron chi connectivity index (χ2n) is 4.84. The molecule has 1 rings (SSSR count). The number of amides is 2. The molecule has 0 aliphatic heterocycles. The van der Waals surface area contributed by atoms with Crippen LogP contribution in [-0.4, -0.2) is 35.9 Å². The summed E-state index contributed by atoms with van der Waals surface area (Å²) in [6.45, 7) is 6.95. The van der Waals surface area contributed by atoms with Gasteiger partial charge in [0.2, 0.25) is 5.91 Å². The first-order valence-electron chi connectivity index (χ1n) is 7.34. The molecule has 0 radical (unpaired) electrons. The Balaban J connectivity index is 2.43. The average Bonchev–Trinajstić information content (AvgIpc) is 2.47. The molecule has 0 saturated carbocycles. The zero-order valence-electron chi connectivity index (χ0n) is 12.9. The lowest BCUT2D eigenvalue weighted by molar-refractivity contribution is -0.121. The van der Waals surface area contributed by atoms with Crippen LogP contribution in [0.1, 0.15) is 44.1 Å². The van der Waals surface area contributed by atoms with Gasteiger partial charge in [0.1, 0.15) is 5.69 Å². The molecular weight excluding hydrogens is 268 g/mol. The van der Waals surface area contributed by atoms with Crippen molar-refractivity contribution < 1.29 is 9.59 Å². The second kappa shape index (κ2) is 8.94. The third-order valence-corrected chi connectivity index (χ3v) is 3.03. The fraction of sp³-hybridized carbons (Fsp3) is 0.533. The van der Waals surface area contributed by atoms with Crippen molar-refractivity contribution in [2.24, 2.45) is 0 Å². The minimum Gasteiger partial charge on any atom is -0.384 e. The van der Waals surface area contributed by atoms with Crippen molar-refractivity contribution >= 4 is 17.5 Å². The summed E-state index contributed by atoms with van der Waals surface area (Å²) in [4.78, 5) is 27.3. The number of hydrogen-bond donors (Lipinski definition) is 3. The highest BCUT2D eigenvalue weighted by atomic mass is 16.2. The largest absolute Gasteiger partial charge is 0.384 e. The number of nitrogens with zero attached hydrogens (tertiary/aromatic N) is 1. The number of hydrogen-bond acceptors (Lipinski definition) is 4. The number of nitrogens with one attached hydrogen (secondary N) is 3. The van der Waals surface area contributed by atoms with Gasteiger partial charge in [-0.2, -0.15) is 0 Å². The van der Waals surface area contributed by atoms with Gasteiger partial charge in [0, 0.05) is 37.4 Å². The number of rotatable bonds is 8. The van der Waals surface area contributed by atoms with Crippen LogP contribution in [0.2, 0.25) is 0 Å². The molecular formula is C15H24N4O2. The Kier molecular flexibility index (Phi) is 7.21. The normalized spacial score (nSPS) is 11.6. The van der Waals surface area contributed by atoms with Crippen molar-refractivity contribution in [3.05, 3.63) is 24.0 Å². The highest BCUT2D eigenvalue weighted by Crippen LogP contribution is 2.08. The van der Waals surface area contributed by atoms with Crippen LogP contribution >= 0.6 is 0 Å². The maximum atomic E-state index is 11.7. The second-order valence-corrected chi connectivity index (χ2v) is 4.84. The Bertz CT molecular complexity index is 476. The van der Waals surface area contributed by atoms with E-state index in [1.807, 2.05) is 20.8 Å². The summed E-state index contributed by atoms with van der Waals surface area (Å²) in [5, 5.41) is 8.73. The van der Waals surface area contributed by atoms with Crippen LogP contribution in [0, 0.1) is 0 Å². The maximum absolute atomic E-state index is 11.7. The molecule has 0 aliphatic carbocycles. The van der Waals surface area contributed by atoms with Crippen molar-refractivity contribution in [2.45, 2.75) is 39.7 Å². The highest BCUT2D eigenvalue weighted by molar-refractivity contribution is 5.93. The van der Waals surface area contributed by atoms with Crippen molar-refractivity contribution in [2.75, 3.05) is 18.4 Å². The molecule has 116 valence electrons. The highest BCUT2D eigenvalue weighted by Gasteiger charge is 2.07. The van der Waals surface area contributed by atoms with Gasteiger partial charge in [-0.3, -0.25) is 14.6 Å². The first kappa shape index (κ1) is 16.9. The van der Waals surface area contributed by atoms with Gasteiger partial charge < -0.3 is 16.0 Å². The van der Waals surface area contributed by atoms with Crippen molar-refractivity contribution in [1.29, 1.82) is 0 Å². The number of aromatic nitrogens is 1. The summed E-state index contributed by atoms with van der Waals surface area (Å²) >= 11 is 0. The van der Waals surface area contributed by atoms with Crippen molar-refractivity contribution in [3.8, 4) is 0 Å². The molecule has 0 aliphatic rings. The monoisotopic (exact) mass is 292 g/mol. The Morgan fingerprint density at radius 3 is 2.76 bits per heavy atom. The van der Waals surface area contributed by atoms with E-state index >= 15 is 0 Å². The van der Waals surface area contributed by atoms with E-state index in [0.717, 1.165) is 12.1 Å². The molecule has 1 atom stereocenters. The SMILES string of the molecule is CCNC(=O)c1cc(NCCC(=O)NC(C)CC)ccn1. The Hall–Kier alpha value is -2.11. The summed E-state index contributed by atoms with van der Waals surface area (Å²) < 4.78 is 0. The number of carbonyl (C=O) groups is 2. The predicted molar refractivity (Wildman–Crippen MR) is 83.2 cm³/mol. The lowest BCUT2D eigenvalue weighted by atomic mass is 10.2. The van der Waals surface area contributed by atoms with E-state index in [1.54, 1.807) is 18.3 Å². The van der Waals surface area contributed by atoms with Gasteiger partial charge in [-0.05, 0) is 32.4 Å². The zero-order chi connectivity index (χ0) is 15.7. The van der Waals surface area contributed by atoms with Gasteiger partial charge in [0.25, 0.3) is 5.91 Å². The molecule has 1 heterocycles. The summed E-state index contributed by atoms with van der Waals surface area (Å²) in [7, 11) is 0. The quantitative estimate of drug-likeness (QED) is 0.679. The Morgan fingerprint density at radius 2 is 2.10 bits per heavy atom. The third-order valence-electron chi connectivity index (χ3n) is 3.03. The standard InChI is InChI=1S/C15H24N4O2/c1-4-11(3)19-14(20)7-9-17-12-6-8-18-13(10-12)15(21)16-5-2/h6,8,10-11H,4-5,7,9H2,1-3H3,(H,16,21)(H,17,18)(H,19,20). The fourth-order valence-corrected chi connectivity index (χ4v) is 1.69. The molecule has 0 fully saturated rings. The summed E-state index contributed by atoms with van der Waals surface area (Å²) in [6.07, 6.45) is 2.88. The van der Waals surface area contributed by atoms with Crippen molar-refractivity contribution in [1.82, 2.24) is 15.6 Å². The van der Waals surface area contributed by atoms with E-state index in [9.17, 15) is 9.59 Å². The van der Waals surface area contributed by atoms with Gasteiger partial charge in [0.05, 0.1) is 0 Å². The lowest BCUT2D eigenvalue weighted by Gasteiger charge is -2.12. The van der Waals surface area contributed by atoms with Crippen molar-refractivity contribution in [3.63, 3.8) is 0 Å². The minimum atomic E-state index is -0.198. The molecule has 1 unspecified atom stereocenters. The van der Waals surface area contributed by atoms with Crippen LogP contribution in [0.5, 0.6) is 0 Å². The Morgan fingerprint density at radius 1 is 1.33 bits per heavy atom. The van der Waals surface area contributed by atoms with E-state index in [2.05, 4.69) is 20.9 Å². The fourth-order valence-electron chi connectivity index (χ4n) is 1.69. The molecule has 0 bridgehead atoms. The van der Waals surface area contributed by atoms with E-state index < -0.39 is 0 Å².